The molecule has 0 spiro atoms. The summed E-state index contributed by atoms with van der Waals surface area (Å²) in [4.78, 5) is 22.2. The third-order valence-corrected chi connectivity index (χ3v) is 5.20. The Bertz CT molecular complexity index is 1120. The Hall–Kier alpha value is -3.17. The van der Waals surface area contributed by atoms with E-state index < -0.39 is 26.9 Å². The average Bonchev–Trinajstić information content (AvgIpc) is 2.99. The van der Waals surface area contributed by atoms with E-state index >= 15 is 0 Å². The van der Waals surface area contributed by atoms with Crippen molar-refractivity contribution in [2.24, 2.45) is 0 Å². The molecule has 0 bridgehead atoms. The van der Waals surface area contributed by atoms with Crippen LogP contribution in [0.25, 0.3) is 11.0 Å². The van der Waals surface area contributed by atoms with Crippen molar-refractivity contribution in [3.05, 3.63) is 65.4 Å². The first-order valence-electron chi connectivity index (χ1n) is 7.37. The first-order valence-corrected chi connectivity index (χ1v) is 8.85. The number of benzene rings is 2. The van der Waals surface area contributed by atoms with E-state index in [2.05, 4.69) is 4.72 Å². The van der Waals surface area contributed by atoms with Gasteiger partial charge in [0.15, 0.2) is 0 Å². The van der Waals surface area contributed by atoms with Crippen molar-refractivity contribution in [3.8, 4) is 0 Å². The number of sulfonamides is 1. The van der Waals surface area contributed by atoms with Crippen molar-refractivity contribution in [1.82, 2.24) is 4.72 Å². The second kappa shape index (κ2) is 6.62. The lowest BCUT2D eigenvalue weighted by molar-refractivity contribution is 0.0660. The van der Waals surface area contributed by atoms with Crippen LogP contribution in [0.1, 0.15) is 26.5 Å². The van der Waals surface area contributed by atoms with Gasteiger partial charge >= 0.3 is 11.9 Å². The minimum atomic E-state index is -4.19. The molecule has 0 saturated carbocycles. The fourth-order valence-corrected chi connectivity index (χ4v) is 3.76. The molecular formula is C17H13NO7S. The van der Waals surface area contributed by atoms with Crippen LogP contribution in [0.4, 0.5) is 0 Å². The lowest BCUT2D eigenvalue weighted by Crippen LogP contribution is -2.25. The first-order chi connectivity index (χ1) is 12.3. The van der Waals surface area contributed by atoms with Gasteiger partial charge in [-0.15, -0.1) is 0 Å². The minimum absolute atomic E-state index is 0.157. The van der Waals surface area contributed by atoms with E-state index in [0.29, 0.717) is 11.0 Å². The average molecular weight is 375 g/mol. The molecule has 1 aromatic heterocycles. The van der Waals surface area contributed by atoms with Gasteiger partial charge in [-0.1, -0.05) is 30.3 Å². The van der Waals surface area contributed by atoms with Crippen molar-refractivity contribution in [2.75, 3.05) is 0 Å². The molecule has 3 N–H and O–H groups in total. The molecule has 8 nitrogen and oxygen atoms in total. The third kappa shape index (κ3) is 3.17. The second-order valence-electron chi connectivity index (χ2n) is 5.34. The van der Waals surface area contributed by atoms with Crippen LogP contribution in [0.3, 0.4) is 0 Å². The van der Waals surface area contributed by atoms with Gasteiger partial charge in [0.25, 0.3) is 0 Å². The molecule has 0 unspecified atom stereocenters. The van der Waals surface area contributed by atoms with Gasteiger partial charge in [0, 0.05) is 17.5 Å². The molecule has 9 heteroatoms. The van der Waals surface area contributed by atoms with Gasteiger partial charge in [0.1, 0.15) is 5.58 Å². The Labute approximate surface area is 147 Å². The van der Waals surface area contributed by atoms with E-state index in [9.17, 15) is 23.1 Å². The van der Waals surface area contributed by atoms with Gasteiger partial charge in [-0.05, 0) is 18.2 Å². The Morgan fingerprint density at radius 1 is 0.962 bits per heavy atom. The molecule has 0 aliphatic carbocycles. The highest BCUT2D eigenvalue weighted by atomic mass is 32.2. The first kappa shape index (κ1) is 17.6. The van der Waals surface area contributed by atoms with Crippen LogP contribution < -0.4 is 4.72 Å². The zero-order chi connectivity index (χ0) is 18.9. The topological polar surface area (TPSA) is 134 Å². The summed E-state index contributed by atoms with van der Waals surface area (Å²) in [7, 11) is -4.19. The van der Waals surface area contributed by atoms with E-state index in [-0.39, 0.29) is 23.4 Å². The van der Waals surface area contributed by atoms with Gasteiger partial charge in [-0.3, -0.25) is 0 Å². The zero-order valence-electron chi connectivity index (χ0n) is 13.2. The van der Waals surface area contributed by atoms with Crippen molar-refractivity contribution in [1.29, 1.82) is 0 Å². The van der Waals surface area contributed by atoms with E-state index in [0.717, 1.165) is 6.07 Å². The minimum Gasteiger partial charge on any atom is -0.478 e. The van der Waals surface area contributed by atoms with Crippen LogP contribution in [-0.2, 0) is 16.6 Å². The quantitative estimate of drug-likeness (QED) is 0.602. The van der Waals surface area contributed by atoms with Crippen LogP contribution >= 0.6 is 0 Å². The highest BCUT2D eigenvalue weighted by Crippen LogP contribution is 2.26. The predicted molar refractivity (Wildman–Crippen MR) is 90.6 cm³/mol. The molecule has 0 aliphatic rings. The summed E-state index contributed by atoms with van der Waals surface area (Å²) in [6.45, 7) is -0.366. The Kier molecular flexibility index (Phi) is 4.49. The normalized spacial score (nSPS) is 11.5. The van der Waals surface area contributed by atoms with Gasteiger partial charge in [0.2, 0.25) is 15.8 Å². The number of hydrogen-bond donors (Lipinski definition) is 3. The van der Waals surface area contributed by atoms with E-state index in [1.165, 1.54) is 18.2 Å². The Morgan fingerprint density at radius 3 is 2.31 bits per heavy atom. The van der Waals surface area contributed by atoms with Crippen molar-refractivity contribution < 1.29 is 32.6 Å². The van der Waals surface area contributed by atoms with Gasteiger partial charge in [0.05, 0.1) is 10.5 Å². The van der Waals surface area contributed by atoms with Crippen molar-refractivity contribution in [3.63, 3.8) is 0 Å². The number of aromatic carboxylic acids is 2. The third-order valence-electron chi connectivity index (χ3n) is 3.74. The van der Waals surface area contributed by atoms with E-state index in [1.54, 1.807) is 24.3 Å². The fraction of sp³-hybridized carbons (Fsp3) is 0.0588. The molecule has 0 aliphatic heterocycles. The summed E-state index contributed by atoms with van der Waals surface area (Å²) in [6, 6.07) is 11.7. The summed E-state index contributed by atoms with van der Waals surface area (Å²) >= 11 is 0. The standard InChI is InChI=1S/C17H13NO7S/c19-16(20)11-6-2-4-8-14(11)26(23,24)18-9-12-10-5-1-3-7-13(10)25-15(12)17(21)22/h1-8,18H,9H2,(H,19,20)(H,21,22). The van der Waals surface area contributed by atoms with Crippen LogP contribution in [0.5, 0.6) is 0 Å². The van der Waals surface area contributed by atoms with Gasteiger partial charge in [-0.2, -0.15) is 0 Å². The lowest BCUT2D eigenvalue weighted by atomic mass is 10.1. The number of furan rings is 1. The monoisotopic (exact) mass is 375 g/mol. The van der Waals surface area contributed by atoms with Gasteiger partial charge < -0.3 is 14.6 Å². The zero-order valence-corrected chi connectivity index (χ0v) is 14.0. The number of carboxylic acids is 2. The predicted octanol–water partition coefficient (Wildman–Crippen LogP) is 2.31. The highest BCUT2D eigenvalue weighted by Gasteiger charge is 2.25. The maximum Gasteiger partial charge on any atom is 0.372 e. The molecule has 0 atom stereocenters. The Balaban J connectivity index is 1.99. The molecule has 3 rings (SSSR count). The molecule has 1 heterocycles. The molecule has 2 aromatic carbocycles. The molecule has 0 saturated heterocycles. The maximum atomic E-state index is 12.5. The van der Waals surface area contributed by atoms with Crippen molar-refractivity contribution in [2.45, 2.75) is 11.4 Å². The molecule has 134 valence electrons. The van der Waals surface area contributed by atoms with E-state index in [4.69, 9.17) is 9.52 Å². The summed E-state index contributed by atoms with van der Waals surface area (Å²) in [5.41, 5.74) is 0.0880. The van der Waals surface area contributed by atoms with Crippen molar-refractivity contribution >= 4 is 32.9 Å². The van der Waals surface area contributed by atoms with Crippen LogP contribution in [0.2, 0.25) is 0 Å². The molecule has 0 radical (unpaired) electrons. The smallest absolute Gasteiger partial charge is 0.372 e. The number of carbonyl (C=O) groups is 2. The summed E-state index contributed by atoms with van der Waals surface area (Å²) in [5, 5.41) is 18.9. The number of carboxylic acid groups (broad SMARTS) is 2. The summed E-state index contributed by atoms with van der Waals surface area (Å²) in [6.07, 6.45) is 0. The van der Waals surface area contributed by atoms with Crippen LogP contribution in [0.15, 0.2) is 57.8 Å². The largest absolute Gasteiger partial charge is 0.478 e. The second-order valence-corrected chi connectivity index (χ2v) is 7.07. The van der Waals surface area contributed by atoms with Crippen LogP contribution in [0, 0.1) is 0 Å². The number of fused-ring (bicyclic) bond motifs is 1. The van der Waals surface area contributed by atoms with E-state index in [1.807, 2.05) is 0 Å². The summed E-state index contributed by atoms with van der Waals surface area (Å²) < 4.78 is 32.5. The molecule has 0 amide bonds. The highest BCUT2D eigenvalue weighted by molar-refractivity contribution is 7.89. The van der Waals surface area contributed by atoms with Gasteiger partial charge in [-0.25, -0.2) is 22.7 Å². The number of nitrogens with one attached hydrogen (secondary N) is 1. The number of rotatable bonds is 6. The fourth-order valence-electron chi connectivity index (χ4n) is 2.57. The Morgan fingerprint density at radius 2 is 1.62 bits per heavy atom. The molecule has 3 aromatic rings. The van der Waals surface area contributed by atoms with Crippen LogP contribution in [-0.4, -0.2) is 30.6 Å². The molecule has 26 heavy (non-hydrogen) atoms. The molecular weight excluding hydrogens is 362 g/mol. The number of hydrogen-bond acceptors (Lipinski definition) is 5. The molecule has 0 fully saturated rings. The summed E-state index contributed by atoms with van der Waals surface area (Å²) in [5.74, 6) is -3.09. The lowest BCUT2D eigenvalue weighted by Gasteiger charge is -2.09. The SMILES string of the molecule is O=C(O)c1ccccc1S(=O)(=O)NCc1c(C(=O)O)oc2ccccc12. The number of para-hydroxylation sites is 1. The maximum absolute atomic E-state index is 12.5.